The Morgan fingerprint density at radius 1 is 0.857 bits per heavy atom. The molecule has 0 aromatic heterocycles. The number of hydrogen-bond acceptors (Lipinski definition) is 3. The Morgan fingerprint density at radius 2 is 1.29 bits per heavy atom. The van der Waals surface area contributed by atoms with Crippen LogP contribution in [0.15, 0.2) is 30.3 Å². The fraction of sp³-hybridized carbons (Fsp3) is 0.455. The Labute approximate surface area is 116 Å². The fourth-order valence-electron chi connectivity index (χ4n) is 1.28. The first-order chi connectivity index (χ1) is 9.49. The molecule has 0 bridgehead atoms. The highest BCUT2D eigenvalue weighted by molar-refractivity contribution is 7.53. The van der Waals surface area contributed by atoms with Gasteiger partial charge in [-0.2, -0.15) is 26.3 Å². The monoisotopic (exact) mass is 336 g/mol. The van der Waals surface area contributed by atoms with Gasteiger partial charge in [0.15, 0.2) is 13.2 Å². The van der Waals surface area contributed by atoms with Crippen LogP contribution >= 0.6 is 7.60 Å². The van der Waals surface area contributed by atoms with Crippen molar-refractivity contribution in [2.75, 3.05) is 13.2 Å². The van der Waals surface area contributed by atoms with E-state index in [9.17, 15) is 30.9 Å². The van der Waals surface area contributed by atoms with E-state index in [1.165, 1.54) is 24.3 Å². The lowest BCUT2D eigenvalue weighted by atomic mass is 10.2. The van der Waals surface area contributed by atoms with Crippen molar-refractivity contribution in [3.63, 3.8) is 0 Å². The second-order valence-electron chi connectivity index (χ2n) is 4.03. The molecule has 0 N–H and O–H groups in total. The Morgan fingerprint density at radius 3 is 1.67 bits per heavy atom. The number of rotatable bonds is 6. The number of halogens is 6. The Kier molecular flexibility index (Phi) is 5.83. The summed E-state index contributed by atoms with van der Waals surface area (Å²) in [6.45, 7) is -3.90. The van der Waals surface area contributed by atoms with Crippen molar-refractivity contribution in [2.45, 2.75) is 18.5 Å². The quantitative estimate of drug-likeness (QED) is 0.565. The van der Waals surface area contributed by atoms with E-state index in [0.29, 0.717) is 0 Å². The molecule has 0 aliphatic carbocycles. The van der Waals surface area contributed by atoms with Crippen molar-refractivity contribution in [1.82, 2.24) is 0 Å². The maximum absolute atomic E-state index is 12.1. The SMILES string of the molecule is O=P(Cc1ccccc1)(OCC(F)(F)F)OCC(F)(F)F. The first-order valence-electron chi connectivity index (χ1n) is 5.55. The Hall–Kier alpha value is -1.05. The van der Waals surface area contributed by atoms with Crippen molar-refractivity contribution in [1.29, 1.82) is 0 Å². The van der Waals surface area contributed by atoms with Gasteiger partial charge in [0.05, 0.1) is 6.16 Å². The first kappa shape index (κ1) is 18.0. The molecule has 0 radical (unpaired) electrons. The maximum atomic E-state index is 12.1. The van der Waals surface area contributed by atoms with Gasteiger partial charge in [-0.15, -0.1) is 0 Å². The normalized spacial score (nSPS) is 13.4. The molecule has 0 saturated heterocycles. The summed E-state index contributed by atoms with van der Waals surface area (Å²) in [5.41, 5.74) is 0.241. The van der Waals surface area contributed by atoms with E-state index in [4.69, 9.17) is 0 Å². The second-order valence-corrected chi connectivity index (χ2v) is 6.09. The zero-order chi connectivity index (χ0) is 16.1. The topological polar surface area (TPSA) is 35.5 Å². The van der Waals surface area contributed by atoms with Gasteiger partial charge in [-0.25, -0.2) is 0 Å². The number of benzene rings is 1. The molecule has 0 heterocycles. The van der Waals surface area contributed by atoms with Crippen molar-refractivity contribution in [2.24, 2.45) is 0 Å². The Balaban J connectivity index is 2.80. The van der Waals surface area contributed by atoms with Crippen LogP contribution in [0.1, 0.15) is 5.56 Å². The van der Waals surface area contributed by atoms with Gasteiger partial charge in [0.2, 0.25) is 0 Å². The van der Waals surface area contributed by atoms with Crippen LogP contribution in [0.2, 0.25) is 0 Å². The molecule has 0 fully saturated rings. The minimum atomic E-state index is -4.83. The molecule has 1 aromatic rings. The molecular formula is C11H11F6O3P. The van der Waals surface area contributed by atoms with Crippen LogP contribution in [0.3, 0.4) is 0 Å². The molecule has 1 rings (SSSR count). The van der Waals surface area contributed by atoms with E-state index >= 15 is 0 Å². The lowest BCUT2D eigenvalue weighted by molar-refractivity contribution is -0.165. The summed E-state index contributed by atoms with van der Waals surface area (Å²) < 4.78 is 92.7. The van der Waals surface area contributed by atoms with E-state index in [0.717, 1.165) is 0 Å². The van der Waals surface area contributed by atoms with Crippen molar-refractivity contribution >= 4 is 7.60 Å². The van der Waals surface area contributed by atoms with Crippen molar-refractivity contribution < 1.29 is 40.0 Å². The van der Waals surface area contributed by atoms with E-state index < -0.39 is 39.3 Å². The van der Waals surface area contributed by atoms with Gasteiger partial charge in [-0.05, 0) is 5.56 Å². The van der Waals surface area contributed by atoms with E-state index in [-0.39, 0.29) is 5.56 Å². The summed E-state index contributed by atoms with van der Waals surface area (Å²) in [5.74, 6) is 0. The molecule has 0 atom stereocenters. The zero-order valence-electron chi connectivity index (χ0n) is 10.4. The summed E-state index contributed by atoms with van der Waals surface area (Å²) in [5, 5.41) is 0. The molecule has 3 nitrogen and oxygen atoms in total. The number of alkyl halides is 6. The van der Waals surface area contributed by atoms with Gasteiger partial charge in [0, 0.05) is 0 Å². The standard InChI is InChI=1S/C11H11F6O3P/c12-10(13,14)7-19-21(18,20-8-11(15,16)17)6-9-4-2-1-3-5-9/h1-5H,6-8H2. The molecule has 0 aliphatic heterocycles. The van der Waals surface area contributed by atoms with Gasteiger partial charge in [-0.1, -0.05) is 30.3 Å². The lowest BCUT2D eigenvalue weighted by Crippen LogP contribution is -2.20. The third kappa shape index (κ3) is 8.08. The highest BCUT2D eigenvalue weighted by atomic mass is 31.2. The fourth-order valence-corrected chi connectivity index (χ4v) is 2.88. The Bertz CT molecular complexity index is 463. The molecular weight excluding hydrogens is 325 g/mol. The predicted octanol–water partition coefficient (Wildman–Crippen LogP) is 4.54. The highest BCUT2D eigenvalue weighted by Crippen LogP contribution is 2.53. The lowest BCUT2D eigenvalue weighted by Gasteiger charge is -2.20. The smallest absolute Gasteiger partial charge is 0.299 e. The largest absolute Gasteiger partial charge is 0.412 e. The summed E-state index contributed by atoms with van der Waals surface area (Å²) in [7, 11) is -4.57. The van der Waals surface area contributed by atoms with Crippen LogP contribution in [-0.2, 0) is 19.8 Å². The van der Waals surface area contributed by atoms with Gasteiger partial charge in [-0.3, -0.25) is 13.6 Å². The molecule has 1 aromatic carbocycles. The zero-order valence-corrected chi connectivity index (χ0v) is 11.3. The van der Waals surface area contributed by atoms with Gasteiger partial charge < -0.3 is 0 Å². The van der Waals surface area contributed by atoms with Gasteiger partial charge in [0.1, 0.15) is 0 Å². The molecule has 0 unspecified atom stereocenters. The summed E-state index contributed by atoms with van der Waals surface area (Å²) in [6, 6.07) is 7.35. The molecule has 0 amide bonds. The van der Waals surface area contributed by atoms with Crippen molar-refractivity contribution in [3.05, 3.63) is 35.9 Å². The average Bonchev–Trinajstić information content (AvgIpc) is 2.34. The molecule has 10 heteroatoms. The molecule has 0 spiro atoms. The summed E-state index contributed by atoms with van der Waals surface area (Å²) >= 11 is 0. The minimum Gasteiger partial charge on any atom is -0.299 e. The maximum Gasteiger partial charge on any atom is 0.412 e. The van der Waals surface area contributed by atoms with Crippen LogP contribution in [0.4, 0.5) is 26.3 Å². The molecule has 0 aliphatic rings. The molecule has 120 valence electrons. The van der Waals surface area contributed by atoms with Crippen LogP contribution in [0.25, 0.3) is 0 Å². The van der Waals surface area contributed by atoms with E-state index in [2.05, 4.69) is 9.05 Å². The second kappa shape index (κ2) is 6.81. The van der Waals surface area contributed by atoms with Crippen LogP contribution in [-0.4, -0.2) is 25.6 Å². The van der Waals surface area contributed by atoms with Crippen LogP contribution < -0.4 is 0 Å². The van der Waals surface area contributed by atoms with E-state index in [1.807, 2.05) is 0 Å². The summed E-state index contributed by atoms with van der Waals surface area (Å²) in [4.78, 5) is 0. The van der Waals surface area contributed by atoms with E-state index in [1.54, 1.807) is 6.07 Å². The predicted molar refractivity (Wildman–Crippen MR) is 61.8 cm³/mol. The third-order valence-corrected chi connectivity index (χ3v) is 3.87. The summed E-state index contributed by atoms with van der Waals surface area (Å²) in [6.07, 6.45) is -10.3. The first-order valence-corrected chi connectivity index (χ1v) is 7.27. The van der Waals surface area contributed by atoms with Crippen LogP contribution in [0.5, 0.6) is 0 Å². The van der Waals surface area contributed by atoms with Gasteiger partial charge in [0.25, 0.3) is 0 Å². The molecule has 21 heavy (non-hydrogen) atoms. The van der Waals surface area contributed by atoms with Gasteiger partial charge >= 0.3 is 19.9 Å². The highest BCUT2D eigenvalue weighted by Gasteiger charge is 2.38. The average molecular weight is 336 g/mol. The molecule has 0 saturated carbocycles. The third-order valence-electron chi connectivity index (χ3n) is 2.07. The number of hydrogen-bond donors (Lipinski definition) is 0. The minimum absolute atomic E-state index is 0.241. The van der Waals surface area contributed by atoms with Crippen LogP contribution in [0, 0.1) is 0 Å². The van der Waals surface area contributed by atoms with Crippen molar-refractivity contribution in [3.8, 4) is 0 Å².